The zero-order valence-corrected chi connectivity index (χ0v) is 15.8. The lowest BCUT2D eigenvalue weighted by Gasteiger charge is -2.34. The Balaban J connectivity index is 1.58. The molecule has 2 amide bonds. The van der Waals surface area contributed by atoms with Crippen LogP contribution in [0.15, 0.2) is 59.6 Å². The average Bonchev–Trinajstić information content (AvgIpc) is 2.92. The number of rotatable bonds is 3. The number of hydrogen-bond acceptors (Lipinski definition) is 4. The van der Waals surface area contributed by atoms with E-state index in [4.69, 9.17) is 11.6 Å². The lowest BCUT2D eigenvalue weighted by atomic mass is 10.1. The van der Waals surface area contributed by atoms with Gasteiger partial charge in [0.2, 0.25) is 0 Å². The quantitative estimate of drug-likeness (QED) is 0.767. The number of piperazine rings is 1. The van der Waals surface area contributed by atoms with E-state index in [2.05, 4.69) is 16.8 Å². The summed E-state index contributed by atoms with van der Waals surface area (Å²) in [5, 5.41) is -0.0330. The predicted molar refractivity (Wildman–Crippen MR) is 108 cm³/mol. The number of amides is 2. The fourth-order valence-corrected chi connectivity index (χ4v) is 3.74. The Morgan fingerprint density at radius 1 is 0.778 bits per heavy atom. The lowest BCUT2D eigenvalue weighted by Crippen LogP contribution is -2.44. The first-order chi connectivity index (χ1) is 13.1. The van der Waals surface area contributed by atoms with Crippen LogP contribution in [-0.4, -0.2) is 49.9 Å². The van der Waals surface area contributed by atoms with Gasteiger partial charge in [-0.05, 0) is 36.9 Å². The van der Waals surface area contributed by atoms with E-state index in [0.717, 1.165) is 36.8 Å². The molecule has 0 atom stereocenters. The Morgan fingerprint density at radius 3 is 2.00 bits per heavy atom. The second kappa shape index (κ2) is 7.18. The van der Waals surface area contributed by atoms with E-state index in [0.29, 0.717) is 11.3 Å². The second-order valence-corrected chi connectivity index (χ2v) is 7.19. The normalized spacial score (nSPS) is 18.6. The van der Waals surface area contributed by atoms with Gasteiger partial charge in [0.25, 0.3) is 11.8 Å². The Bertz CT molecular complexity index is 901. The third-order valence-electron chi connectivity index (χ3n) is 5.07. The van der Waals surface area contributed by atoms with Crippen LogP contribution in [-0.2, 0) is 9.59 Å². The van der Waals surface area contributed by atoms with Crippen molar-refractivity contribution in [2.75, 3.05) is 43.0 Å². The van der Waals surface area contributed by atoms with Crippen molar-refractivity contribution >= 4 is 40.4 Å². The summed E-state index contributed by atoms with van der Waals surface area (Å²) in [5.41, 5.74) is 2.53. The van der Waals surface area contributed by atoms with E-state index in [1.807, 2.05) is 42.5 Å². The molecule has 27 heavy (non-hydrogen) atoms. The van der Waals surface area contributed by atoms with Crippen LogP contribution in [0.1, 0.15) is 5.56 Å². The van der Waals surface area contributed by atoms with Gasteiger partial charge >= 0.3 is 0 Å². The van der Waals surface area contributed by atoms with Crippen molar-refractivity contribution in [1.82, 2.24) is 4.90 Å². The van der Waals surface area contributed by atoms with Crippen LogP contribution in [0.4, 0.5) is 11.4 Å². The maximum absolute atomic E-state index is 12.9. The summed E-state index contributed by atoms with van der Waals surface area (Å²) in [5.74, 6) is -0.864. The van der Waals surface area contributed by atoms with Gasteiger partial charge in [0.1, 0.15) is 5.03 Å². The van der Waals surface area contributed by atoms with Gasteiger partial charge in [-0.1, -0.05) is 41.9 Å². The van der Waals surface area contributed by atoms with Crippen LogP contribution in [0.5, 0.6) is 0 Å². The maximum Gasteiger partial charge on any atom is 0.277 e. The molecular weight excluding hydrogens is 362 g/mol. The van der Waals surface area contributed by atoms with Crippen molar-refractivity contribution in [1.29, 1.82) is 0 Å². The molecule has 138 valence electrons. The molecule has 0 unspecified atom stereocenters. The van der Waals surface area contributed by atoms with E-state index in [-0.39, 0.29) is 16.5 Å². The van der Waals surface area contributed by atoms with Crippen LogP contribution >= 0.6 is 11.6 Å². The third kappa shape index (κ3) is 3.24. The molecule has 0 N–H and O–H groups in total. The molecule has 0 spiro atoms. The molecule has 0 aromatic heterocycles. The molecule has 2 heterocycles. The summed E-state index contributed by atoms with van der Waals surface area (Å²) < 4.78 is 0. The summed E-state index contributed by atoms with van der Waals surface area (Å²) in [6.07, 6.45) is 0. The third-order valence-corrected chi connectivity index (χ3v) is 5.42. The molecule has 0 radical (unpaired) electrons. The highest BCUT2D eigenvalue weighted by Crippen LogP contribution is 2.35. The standard InChI is InChI=1S/C21H20ClN3O2/c1-23-11-13-24(14-12-23)16-7-9-17(10-8-16)25-20(26)18(19(22)21(25)27)15-5-3-2-4-6-15/h2-10H,11-14H2,1H3. The van der Waals surface area contributed by atoms with Gasteiger partial charge in [-0.2, -0.15) is 0 Å². The number of hydrogen-bond donors (Lipinski definition) is 0. The second-order valence-electron chi connectivity index (χ2n) is 6.81. The summed E-state index contributed by atoms with van der Waals surface area (Å²) >= 11 is 6.22. The molecule has 0 bridgehead atoms. The van der Waals surface area contributed by atoms with E-state index in [1.54, 1.807) is 12.1 Å². The van der Waals surface area contributed by atoms with E-state index in [1.165, 1.54) is 0 Å². The summed E-state index contributed by atoms with van der Waals surface area (Å²) in [7, 11) is 2.12. The molecule has 6 heteroatoms. The summed E-state index contributed by atoms with van der Waals surface area (Å²) in [6.45, 7) is 3.96. The van der Waals surface area contributed by atoms with Gasteiger partial charge in [-0.25, -0.2) is 4.90 Å². The van der Waals surface area contributed by atoms with Gasteiger partial charge in [0, 0.05) is 31.9 Å². The zero-order valence-electron chi connectivity index (χ0n) is 15.1. The van der Waals surface area contributed by atoms with E-state index >= 15 is 0 Å². The van der Waals surface area contributed by atoms with E-state index < -0.39 is 5.91 Å². The number of carbonyl (C=O) groups is 2. The van der Waals surface area contributed by atoms with Crippen LogP contribution < -0.4 is 9.80 Å². The molecular formula is C21H20ClN3O2. The fraction of sp³-hybridized carbons (Fsp3) is 0.238. The molecule has 2 aliphatic heterocycles. The molecule has 0 saturated carbocycles. The van der Waals surface area contributed by atoms with Crippen molar-refractivity contribution in [3.8, 4) is 0 Å². The minimum absolute atomic E-state index is 0.0330. The molecule has 1 fully saturated rings. The summed E-state index contributed by atoms with van der Waals surface area (Å²) in [6, 6.07) is 16.6. The molecule has 2 aliphatic rings. The van der Waals surface area contributed by atoms with Gasteiger partial charge in [0.05, 0.1) is 11.3 Å². The minimum Gasteiger partial charge on any atom is -0.369 e. The first-order valence-electron chi connectivity index (χ1n) is 8.94. The Hall–Kier alpha value is -2.63. The van der Waals surface area contributed by atoms with Crippen LogP contribution in [0.2, 0.25) is 0 Å². The smallest absolute Gasteiger partial charge is 0.277 e. The predicted octanol–water partition coefficient (Wildman–Crippen LogP) is 2.96. The van der Waals surface area contributed by atoms with Crippen molar-refractivity contribution in [2.24, 2.45) is 0 Å². The number of likely N-dealkylation sites (N-methyl/N-ethyl adjacent to an activating group) is 1. The van der Waals surface area contributed by atoms with Gasteiger partial charge in [0.15, 0.2) is 0 Å². The Morgan fingerprint density at radius 2 is 1.37 bits per heavy atom. The highest BCUT2D eigenvalue weighted by atomic mass is 35.5. The van der Waals surface area contributed by atoms with Gasteiger partial charge < -0.3 is 9.80 Å². The molecule has 4 rings (SSSR count). The Kier molecular flexibility index (Phi) is 4.72. The number of benzene rings is 2. The maximum atomic E-state index is 12.9. The molecule has 5 nitrogen and oxygen atoms in total. The highest BCUT2D eigenvalue weighted by molar-refractivity contribution is 6.60. The number of carbonyl (C=O) groups excluding carboxylic acids is 2. The first kappa shape index (κ1) is 17.8. The number of anilines is 2. The van der Waals surface area contributed by atoms with Crippen molar-refractivity contribution in [2.45, 2.75) is 0 Å². The minimum atomic E-state index is -0.479. The zero-order chi connectivity index (χ0) is 19.0. The monoisotopic (exact) mass is 381 g/mol. The lowest BCUT2D eigenvalue weighted by molar-refractivity contribution is -0.119. The molecule has 2 aromatic rings. The fourth-order valence-electron chi connectivity index (χ4n) is 3.47. The summed E-state index contributed by atoms with van der Waals surface area (Å²) in [4.78, 5) is 31.3. The van der Waals surface area contributed by atoms with Gasteiger partial charge in [-0.15, -0.1) is 0 Å². The average molecular weight is 382 g/mol. The number of halogens is 1. The highest BCUT2D eigenvalue weighted by Gasteiger charge is 2.39. The molecule has 2 aromatic carbocycles. The van der Waals surface area contributed by atoms with Gasteiger partial charge in [-0.3, -0.25) is 9.59 Å². The molecule has 1 saturated heterocycles. The topological polar surface area (TPSA) is 43.9 Å². The number of nitrogens with zero attached hydrogens (tertiary/aromatic N) is 3. The van der Waals surface area contributed by atoms with Crippen molar-refractivity contribution in [3.05, 3.63) is 65.2 Å². The SMILES string of the molecule is CN1CCN(c2ccc(N3C(=O)C(Cl)=C(c4ccccc4)C3=O)cc2)CC1. The number of imide groups is 1. The first-order valence-corrected chi connectivity index (χ1v) is 9.31. The van der Waals surface area contributed by atoms with Crippen molar-refractivity contribution in [3.63, 3.8) is 0 Å². The van der Waals surface area contributed by atoms with Crippen molar-refractivity contribution < 1.29 is 9.59 Å². The van der Waals surface area contributed by atoms with Crippen LogP contribution in [0, 0.1) is 0 Å². The largest absolute Gasteiger partial charge is 0.369 e. The van der Waals surface area contributed by atoms with Crippen LogP contribution in [0.25, 0.3) is 5.57 Å². The van der Waals surface area contributed by atoms with Crippen LogP contribution in [0.3, 0.4) is 0 Å². The molecule has 0 aliphatic carbocycles. The van der Waals surface area contributed by atoms with E-state index in [9.17, 15) is 9.59 Å². The Labute approximate surface area is 163 Å².